The van der Waals surface area contributed by atoms with Crippen molar-refractivity contribution in [3.63, 3.8) is 0 Å². The van der Waals surface area contributed by atoms with E-state index in [-0.39, 0.29) is 18.4 Å². The van der Waals surface area contributed by atoms with E-state index in [9.17, 15) is 9.59 Å². The first kappa shape index (κ1) is 15.4. The zero-order valence-electron chi connectivity index (χ0n) is 13.7. The molecule has 122 valence electrons. The molecule has 23 heavy (non-hydrogen) atoms. The fraction of sp³-hybridized carbons (Fsp3) is 0.412. The van der Waals surface area contributed by atoms with Gasteiger partial charge in [-0.3, -0.25) is 9.59 Å². The van der Waals surface area contributed by atoms with Crippen LogP contribution in [0.15, 0.2) is 18.2 Å². The van der Waals surface area contributed by atoms with Crippen LogP contribution in [0.2, 0.25) is 0 Å². The highest BCUT2D eigenvalue weighted by atomic mass is 16.5. The Morgan fingerprint density at radius 3 is 2.87 bits per heavy atom. The topological polar surface area (TPSA) is 63.6 Å². The first-order valence-corrected chi connectivity index (χ1v) is 7.72. The lowest BCUT2D eigenvalue weighted by Crippen LogP contribution is -2.37. The molecule has 3 rings (SSSR count). The molecule has 2 aromatic rings. The summed E-state index contributed by atoms with van der Waals surface area (Å²) in [6.07, 6.45) is 0.768. The zero-order chi connectivity index (χ0) is 16.6. The molecule has 0 radical (unpaired) electrons. The van der Waals surface area contributed by atoms with E-state index in [0.29, 0.717) is 24.4 Å². The van der Waals surface area contributed by atoms with Crippen molar-refractivity contribution in [1.82, 2.24) is 14.8 Å². The van der Waals surface area contributed by atoms with Crippen LogP contribution < -0.4 is 10.1 Å². The van der Waals surface area contributed by atoms with Gasteiger partial charge in [0.15, 0.2) is 0 Å². The number of nitrogens with zero attached hydrogens (tertiary/aromatic N) is 2. The quantitative estimate of drug-likeness (QED) is 0.912. The summed E-state index contributed by atoms with van der Waals surface area (Å²) >= 11 is 0. The molecule has 1 saturated heterocycles. The van der Waals surface area contributed by atoms with Gasteiger partial charge < -0.3 is 19.5 Å². The van der Waals surface area contributed by atoms with Crippen molar-refractivity contribution < 1.29 is 14.3 Å². The molecule has 1 N–H and O–H groups in total. The van der Waals surface area contributed by atoms with Crippen LogP contribution >= 0.6 is 0 Å². The van der Waals surface area contributed by atoms with E-state index in [2.05, 4.69) is 5.32 Å². The average Bonchev–Trinajstić information content (AvgIpc) is 2.70. The molecule has 0 atom stereocenters. The maximum atomic E-state index is 13.0. The molecule has 1 aliphatic heterocycles. The van der Waals surface area contributed by atoms with E-state index in [1.807, 2.05) is 36.7 Å². The average molecular weight is 315 g/mol. The Morgan fingerprint density at radius 2 is 2.13 bits per heavy atom. The number of hydrogen-bond acceptors (Lipinski definition) is 3. The second-order valence-electron chi connectivity index (χ2n) is 5.83. The number of benzene rings is 1. The summed E-state index contributed by atoms with van der Waals surface area (Å²) in [5.41, 5.74) is 2.52. The Hall–Kier alpha value is -2.50. The number of rotatable bonds is 2. The molecular formula is C17H21N3O3. The first-order chi connectivity index (χ1) is 11.0. The van der Waals surface area contributed by atoms with Crippen LogP contribution in [0.4, 0.5) is 0 Å². The van der Waals surface area contributed by atoms with Crippen LogP contribution in [0.3, 0.4) is 0 Å². The van der Waals surface area contributed by atoms with E-state index in [1.54, 1.807) is 12.0 Å². The summed E-state index contributed by atoms with van der Waals surface area (Å²) in [5.74, 6) is 0.510. The molecule has 0 aliphatic carbocycles. The minimum absolute atomic E-state index is 0.0987. The Kier molecular flexibility index (Phi) is 3.98. The molecule has 0 bridgehead atoms. The van der Waals surface area contributed by atoms with Gasteiger partial charge in [-0.25, -0.2) is 0 Å². The smallest absolute Gasteiger partial charge is 0.256 e. The molecule has 1 fully saturated rings. The molecular weight excluding hydrogens is 294 g/mol. The van der Waals surface area contributed by atoms with Gasteiger partial charge in [-0.1, -0.05) is 0 Å². The van der Waals surface area contributed by atoms with Crippen LogP contribution in [0.1, 0.15) is 22.5 Å². The Labute approximate surface area is 135 Å². The van der Waals surface area contributed by atoms with Gasteiger partial charge in [0.25, 0.3) is 5.91 Å². The molecule has 6 nitrogen and oxygen atoms in total. The second-order valence-corrected chi connectivity index (χ2v) is 5.83. The van der Waals surface area contributed by atoms with E-state index in [0.717, 1.165) is 23.0 Å². The van der Waals surface area contributed by atoms with Gasteiger partial charge in [0.2, 0.25) is 5.91 Å². The largest absolute Gasteiger partial charge is 0.497 e. The maximum Gasteiger partial charge on any atom is 0.256 e. The maximum absolute atomic E-state index is 13.0. The monoisotopic (exact) mass is 315 g/mol. The predicted octanol–water partition coefficient (Wildman–Crippen LogP) is 1.46. The van der Waals surface area contributed by atoms with E-state index < -0.39 is 0 Å². The normalized spacial score (nSPS) is 15.4. The lowest BCUT2D eigenvalue weighted by atomic mass is 10.1. The molecule has 1 aromatic heterocycles. The highest BCUT2D eigenvalue weighted by Gasteiger charge is 2.26. The van der Waals surface area contributed by atoms with Crippen LogP contribution in [0.5, 0.6) is 5.75 Å². The summed E-state index contributed by atoms with van der Waals surface area (Å²) in [6, 6.07) is 5.72. The molecule has 0 unspecified atom stereocenters. The number of aryl methyl sites for hydroxylation is 1. The number of amides is 2. The fourth-order valence-electron chi connectivity index (χ4n) is 3.09. The first-order valence-electron chi connectivity index (χ1n) is 7.72. The molecule has 2 heterocycles. The summed E-state index contributed by atoms with van der Waals surface area (Å²) in [4.78, 5) is 26.4. The number of carbonyl (C=O) groups is 2. The highest BCUT2D eigenvalue weighted by Crippen LogP contribution is 2.29. The minimum atomic E-state index is -0.105. The van der Waals surface area contributed by atoms with Crippen molar-refractivity contribution in [3.8, 4) is 5.75 Å². The number of carbonyl (C=O) groups excluding carboxylic acids is 2. The number of ether oxygens (including phenoxy) is 1. The van der Waals surface area contributed by atoms with Gasteiger partial charge in [0, 0.05) is 36.7 Å². The lowest BCUT2D eigenvalue weighted by Gasteiger charge is -2.19. The van der Waals surface area contributed by atoms with Crippen molar-refractivity contribution in [2.24, 2.45) is 7.05 Å². The molecule has 6 heteroatoms. The number of hydrogen-bond donors (Lipinski definition) is 1. The van der Waals surface area contributed by atoms with Gasteiger partial charge in [0.1, 0.15) is 5.75 Å². The standard InChI is InChI=1S/C17H21N3O3/c1-11-16(17(22)20-8-4-7-18-15(21)10-20)13-9-12(23-3)5-6-14(13)19(11)2/h5-6,9H,4,7-8,10H2,1-3H3,(H,18,21). The van der Waals surface area contributed by atoms with Gasteiger partial charge in [0.05, 0.1) is 19.2 Å². The summed E-state index contributed by atoms with van der Waals surface area (Å²) in [5, 5.41) is 3.66. The Balaban J connectivity index is 2.08. The van der Waals surface area contributed by atoms with Crippen LogP contribution in [0.25, 0.3) is 10.9 Å². The van der Waals surface area contributed by atoms with Gasteiger partial charge in [-0.2, -0.15) is 0 Å². The highest BCUT2D eigenvalue weighted by molar-refractivity contribution is 6.09. The summed E-state index contributed by atoms with van der Waals surface area (Å²) in [6.45, 7) is 3.23. The van der Waals surface area contributed by atoms with Crippen molar-refractivity contribution in [1.29, 1.82) is 0 Å². The Bertz CT molecular complexity index is 779. The predicted molar refractivity (Wildman–Crippen MR) is 87.7 cm³/mol. The third-order valence-corrected chi connectivity index (χ3v) is 4.46. The van der Waals surface area contributed by atoms with Crippen LogP contribution in [-0.4, -0.2) is 48.0 Å². The van der Waals surface area contributed by atoms with Gasteiger partial charge >= 0.3 is 0 Å². The summed E-state index contributed by atoms with van der Waals surface area (Å²) in [7, 11) is 3.55. The number of methoxy groups -OCH3 is 1. The lowest BCUT2D eigenvalue weighted by molar-refractivity contribution is -0.121. The molecule has 0 saturated carbocycles. The zero-order valence-corrected chi connectivity index (χ0v) is 13.7. The molecule has 0 spiro atoms. The van der Waals surface area contributed by atoms with Crippen LogP contribution in [-0.2, 0) is 11.8 Å². The van der Waals surface area contributed by atoms with E-state index in [4.69, 9.17) is 4.74 Å². The third kappa shape index (κ3) is 2.65. The summed E-state index contributed by atoms with van der Waals surface area (Å²) < 4.78 is 7.29. The van der Waals surface area contributed by atoms with Crippen LogP contribution in [0, 0.1) is 6.92 Å². The number of aromatic nitrogens is 1. The van der Waals surface area contributed by atoms with Crippen molar-refractivity contribution in [3.05, 3.63) is 29.5 Å². The number of fused-ring (bicyclic) bond motifs is 1. The third-order valence-electron chi connectivity index (χ3n) is 4.46. The fourth-order valence-corrected chi connectivity index (χ4v) is 3.09. The molecule has 1 aliphatic rings. The Morgan fingerprint density at radius 1 is 1.35 bits per heavy atom. The van der Waals surface area contributed by atoms with Crippen molar-refractivity contribution >= 4 is 22.7 Å². The minimum Gasteiger partial charge on any atom is -0.497 e. The van der Waals surface area contributed by atoms with E-state index >= 15 is 0 Å². The van der Waals surface area contributed by atoms with Crippen molar-refractivity contribution in [2.45, 2.75) is 13.3 Å². The van der Waals surface area contributed by atoms with Gasteiger partial charge in [-0.15, -0.1) is 0 Å². The second kappa shape index (κ2) is 5.95. The van der Waals surface area contributed by atoms with E-state index in [1.165, 1.54) is 0 Å². The number of nitrogens with one attached hydrogen (secondary N) is 1. The van der Waals surface area contributed by atoms with Gasteiger partial charge in [-0.05, 0) is 31.5 Å². The van der Waals surface area contributed by atoms with Crippen molar-refractivity contribution in [2.75, 3.05) is 26.7 Å². The SMILES string of the molecule is COc1ccc2c(c1)c(C(=O)N1CCCNC(=O)C1)c(C)n2C. The molecule has 2 amide bonds. The molecule has 1 aromatic carbocycles.